The summed E-state index contributed by atoms with van der Waals surface area (Å²) in [7, 11) is 2.16. The zero-order valence-electron chi connectivity index (χ0n) is 11.8. The van der Waals surface area contributed by atoms with Gasteiger partial charge in [-0.25, -0.2) is 0 Å². The predicted octanol–water partition coefficient (Wildman–Crippen LogP) is 1.12. The van der Waals surface area contributed by atoms with Gasteiger partial charge in [0, 0.05) is 12.6 Å². The fraction of sp³-hybridized carbons (Fsp3) is 0.929. The van der Waals surface area contributed by atoms with E-state index in [2.05, 4.69) is 22.6 Å². The first-order valence-corrected chi connectivity index (χ1v) is 7.35. The molecule has 0 aromatic rings. The number of piperidine rings is 2. The van der Waals surface area contributed by atoms with E-state index in [0.29, 0.717) is 6.04 Å². The average Bonchev–Trinajstić information content (AvgIpc) is 2.38. The molecule has 0 aromatic carbocycles. The number of carbonyl (C=O) groups is 1. The minimum Gasteiger partial charge on any atom is -0.353 e. The second-order valence-corrected chi connectivity index (χ2v) is 6.06. The highest BCUT2D eigenvalue weighted by molar-refractivity contribution is 5.86. The summed E-state index contributed by atoms with van der Waals surface area (Å²) < 4.78 is 0. The summed E-state index contributed by atoms with van der Waals surface area (Å²) in [6.45, 7) is 4.96. The molecule has 1 amide bonds. The van der Waals surface area contributed by atoms with Crippen molar-refractivity contribution < 1.29 is 4.79 Å². The van der Waals surface area contributed by atoms with Gasteiger partial charge in [0.25, 0.3) is 0 Å². The van der Waals surface area contributed by atoms with Crippen molar-refractivity contribution in [3.05, 3.63) is 0 Å². The minimum atomic E-state index is -0.342. The first kappa shape index (κ1) is 13.8. The number of nitrogens with zero attached hydrogens (tertiary/aromatic N) is 1. The van der Waals surface area contributed by atoms with Gasteiger partial charge in [0.15, 0.2) is 0 Å². The standard InChI is InChI=1S/C14H27N3O/c1-14(8-4-5-9-16-14)13(18)15-11-12-7-3-6-10-17(12)2/h12,16H,3-11H2,1-2H3,(H,15,18). The lowest BCUT2D eigenvalue weighted by Gasteiger charge is -2.36. The van der Waals surface area contributed by atoms with Crippen molar-refractivity contribution in [2.24, 2.45) is 0 Å². The Morgan fingerprint density at radius 1 is 1.39 bits per heavy atom. The molecule has 2 aliphatic heterocycles. The molecule has 2 rings (SSSR count). The molecule has 104 valence electrons. The van der Waals surface area contributed by atoms with E-state index in [1.54, 1.807) is 0 Å². The number of hydrogen-bond donors (Lipinski definition) is 2. The molecule has 0 radical (unpaired) electrons. The molecular weight excluding hydrogens is 226 g/mol. The van der Waals surface area contributed by atoms with Crippen LogP contribution in [0.1, 0.15) is 45.4 Å². The highest BCUT2D eigenvalue weighted by Crippen LogP contribution is 2.19. The van der Waals surface area contributed by atoms with Gasteiger partial charge >= 0.3 is 0 Å². The molecule has 0 saturated carbocycles. The molecule has 0 aliphatic carbocycles. The Morgan fingerprint density at radius 3 is 2.89 bits per heavy atom. The van der Waals surface area contributed by atoms with Crippen molar-refractivity contribution in [3.8, 4) is 0 Å². The molecule has 2 atom stereocenters. The summed E-state index contributed by atoms with van der Waals surface area (Å²) in [5.74, 6) is 0.182. The molecule has 2 heterocycles. The number of hydrogen-bond acceptors (Lipinski definition) is 3. The van der Waals surface area contributed by atoms with Crippen LogP contribution in [-0.4, -0.2) is 49.1 Å². The topological polar surface area (TPSA) is 44.4 Å². The van der Waals surface area contributed by atoms with Crippen molar-refractivity contribution in [1.29, 1.82) is 0 Å². The third kappa shape index (κ3) is 3.23. The van der Waals surface area contributed by atoms with Crippen molar-refractivity contribution in [2.45, 2.75) is 57.0 Å². The number of rotatable bonds is 3. The predicted molar refractivity (Wildman–Crippen MR) is 73.5 cm³/mol. The van der Waals surface area contributed by atoms with Crippen molar-refractivity contribution >= 4 is 5.91 Å². The van der Waals surface area contributed by atoms with Gasteiger partial charge in [0.05, 0.1) is 5.54 Å². The smallest absolute Gasteiger partial charge is 0.240 e. The molecule has 2 saturated heterocycles. The van der Waals surface area contributed by atoms with Gasteiger partial charge in [-0.2, -0.15) is 0 Å². The normalized spacial score (nSPS) is 34.2. The van der Waals surface area contributed by atoms with Crippen LogP contribution in [-0.2, 0) is 4.79 Å². The first-order chi connectivity index (χ1) is 8.62. The first-order valence-electron chi connectivity index (χ1n) is 7.35. The fourth-order valence-corrected chi connectivity index (χ4v) is 3.06. The molecule has 0 bridgehead atoms. The Labute approximate surface area is 110 Å². The van der Waals surface area contributed by atoms with Crippen LogP contribution in [0.3, 0.4) is 0 Å². The van der Waals surface area contributed by atoms with Crippen LogP contribution in [0.2, 0.25) is 0 Å². The lowest BCUT2D eigenvalue weighted by atomic mass is 9.90. The molecule has 2 N–H and O–H groups in total. The molecular formula is C14H27N3O. The Morgan fingerprint density at radius 2 is 2.22 bits per heavy atom. The molecule has 0 spiro atoms. The molecule has 2 fully saturated rings. The van der Waals surface area contributed by atoms with Crippen molar-refractivity contribution in [3.63, 3.8) is 0 Å². The third-order valence-corrected chi connectivity index (χ3v) is 4.54. The molecule has 2 unspecified atom stereocenters. The number of likely N-dealkylation sites (tertiary alicyclic amines) is 1. The Kier molecular flexibility index (Phi) is 4.62. The second-order valence-electron chi connectivity index (χ2n) is 6.06. The van der Waals surface area contributed by atoms with E-state index < -0.39 is 0 Å². The van der Waals surface area contributed by atoms with Crippen LogP contribution in [0.4, 0.5) is 0 Å². The summed E-state index contributed by atoms with van der Waals surface area (Å²) in [4.78, 5) is 14.7. The Hall–Kier alpha value is -0.610. The monoisotopic (exact) mass is 253 g/mol. The van der Waals surface area contributed by atoms with Gasteiger partial charge in [0.2, 0.25) is 5.91 Å². The van der Waals surface area contributed by atoms with E-state index in [4.69, 9.17) is 0 Å². The second kappa shape index (κ2) is 6.02. The van der Waals surface area contributed by atoms with E-state index in [1.807, 2.05) is 6.92 Å². The van der Waals surface area contributed by atoms with Crippen LogP contribution in [0.25, 0.3) is 0 Å². The Balaban J connectivity index is 1.80. The zero-order chi connectivity index (χ0) is 13.0. The highest BCUT2D eigenvalue weighted by Gasteiger charge is 2.34. The van der Waals surface area contributed by atoms with Crippen LogP contribution >= 0.6 is 0 Å². The molecule has 4 nitrogen and oxygen atoms in total. The lowest BCUT2D eigenvalue weighted by molar-refractivity contribution is -0.128. The van der Waals surface area contributed by atoms with E-state index in [1.165, 1.54) is 25.7 Å². The van der Waals surface area contributed by atoms with Gasteiger partial charge in [-0.15, -0.1) is 0 Å². The summed E-state index contributed by atoms with van der Waals surface area (Å²) in [5.41, 5.74) is -0.342. The average molecular weight is 253 g/mol. The summed E-state index contributed by atoms with van der Waals surface area (Å²) in [6, 6.07) is 0.523. The quantitative estimate of drug-likeness (QED) is 0.792. The van der Waals surface area contributed by atoms with Crippen LogP contribution in [0, 0.1) is 0 Å². The highest BCUT2D eigenvalue weighted by atomic mass is 16.2. The Bertz CT molecular complexity index is 287. The van der Waals surface area contributed by atoms with Gasteiger partial charge in [-0.05, 0) is 59.2 Å². The van der Waals surface area contributed by atoms with Gasteiger partial charge < -0.3 is 15.5 Å². The SMILES string of the molecule is CN1CCCCC1CNC(=O)C1(C)CCCCN1. The largest absolute Gasteiger partial charge is 0.353 e. The maximum Gasteiger partial charge on any atom is 0.240 e. The van der Waals surface area contributed by atoms with Gasteiger partial charge in [-0.3, -0.25) is 4.79 Å². The maximum atomic E-state index is 12.3. The van der Waals surface area contributed by atoms with Crippen molar-refractivity contribution in [1.82, 2.24) is 15.5 Å². The third-order valence-electron chi connectivity index (χ3n) is 4.54. The number of amides is 1. The van der Waals surface area contributed by atoms with Crippen LogP contribution in [0.15, 0.2) is 0 Å². The van der Waals surface area contributed by atoms with E-state index in [-0.39, 0.29) is 11.4 Å². The fourth-order valence-electron chi connectivity index (χ4n) is 3.06. The van der Waals surface area contributed by atoms with Crippen LogP contribution in [0.5, 0.6) is 0 Å². The molecule has 0 aromatic heterocycles. The summed E-state index contributed by atoms with van der Waals surface area (Å²) >= 11 is 0. The zero-order valence-corrected chi connectivity index (χ0v) is 11.8. The summed E-state index contributed by atoms with van der Waals surface area (Å²) in [5, 5.41) is 6.52. The number of carbonyl (C=O) groups excluding carboxylic acids is 1. The molecule has 2 aliphatic rings. The lowest BCUT2D eigenvalue weighted by Crippen LogP contribution is -2.58. The van der Waals surface area contributed by atoms with Crippen molar-refractivity contribution in [2.75, 3.05) is 26.7 Å². The minimum absolute atomic E-state index is 0.182. The maximum absolute atomic E-state index is 12.3. The van der Waals surface area contributed by atoms with Gasteiger partial charge in [0.1, 0.15) is 0 Å². The van der Waals surface area contributed by atoms with E-state index in [9.17, 15) is 4.79 Å². The van der Waals surface area contributed by atoms with E-state index in [0.717, 1.165) is 32.5 Å². The molecule has 4 heteroatoms. The molecule has 18 heavy (non-hydrogen) atoms. The summed E-state index contributed by atoms with van der Waals surface area (Å²) in [6.07, 6.45) is 7.09. The van der Waals surface area contributed by atoms with Gasteiger partial charge in [-0.1, -0.05) is 6.42 Å². The number of likely N-dealkylation sites (N-methyl/N-ethyl adjacent to an activating group) is 1. The number of nitrogens with one attached hydrogen (secondary N) is 2. The van der Waals surface area contributed by atoms with Crippen LogP contribution < -0.4 is 10.6 Å². The van der Waals surface area contributed by atoms with E-state index >= 15 is 0 Å².